The predicted molar refractivity (Wildman–Crippen MR) is 221 cm³/mol. The monoisotopic (exact) mass is 849 g/mol. The molecule has 56 heavy (non-hydrogen) atoms. The van der Waals surface area contributed by atoms with Gasteiger partial charge in [0.1, 0.15) is 18.1 Å². The number of carboxylic acids is 3. The molecule has 0 fully saturated rings. The number of rotatable bonds is 27. The van der Waals surface area contributed by atoms with Crippen molar-refractivity contribution in [2.45, 2.75) is 91.3 Å². The van der Waals surface area contributed by atoms with E-state index in [1.165, 1.54) is 38.6 Å². The highest BCUT2D eigenvalue weighted by atomic mass is 32.2. The lowest BCUT2D eigenvalue weighted by molar-refractivity contribution is -0.147. The van der Waals surface area contributed by atoms with Gasteiger partial charge in [-0.05, 0) is 31.4 Å². The summed E-state index contributed by atoms with van der Waals surface area (Å²) >= 11 is 3.90. The standard InChI is InChI=1S/C13H21NO5S.C13H21NO3S.C11H17NO5S/c1-3-20-9-11(14-10(2)15)13(18)19-8-6-4-5-7-12(16)17;1-3-4-5-6-7-8-9-18-10-12(13(16)17)14-11(2)15;1-8(14)12-9(11(16)17)7-18-10(15)5-3-2-4-6-13/h4-5,11H,3,6-9H2,1-2H3,(H,14,15)(H,16,17);4-5,7-8,12H,3,6,9-10H2,1-2H3,(H,14,15)(H,16,17);2-3,9,13H,4-7H2,1H3,(H,12,14)(H,16,17)/b5-4-;5-4-,8-7-;3-2-/t11-;12-;9-/m111/s1. The van der Waals surface area contributed by atoms with Crippen LogP contribution in [0.4, 0.5) is 0 Å². The Morgan fingerprint density at radius 2 is 1.14 bits per heavy atom. The van der Waals surface area contributed by atoms with Crippen LogP contribution in [0.15, 0.2) is 48.6 Å². The molecule has 0 bridgehead atoms. The second-order valence-corrected chi connectivity index (χ2v) is 14.6. The Morgan fingerprint density at radius 1 is 0.625 bits per heavy atom. The average Bonchev–Trinajstić information content (AvgIpc) is 3.12. The van der Waals surface area contributed by atoms with Gasteiger partial charge in [-0.25, -0.2) is 14.4 Å². The highest BCUT2D eigenvalue weighted by molar-refractivity contribution is 8.13. The molecule has 19 heteroatoms. The van der Waals surface area contributed by atoms with Gasteiger partial charge in [0.25, 0.3) is 0 Å². The maximum atomic E-state index is 11.8. The number of carboxylic acid groups (broad SMARTS) is 3. The summed E-state index contributed by atoms with van der Waals surface area (Å²) in [7, 11) is 0. The van der Waals surface area contributed by atoms with Crippen LogP contribution in [0.3, 0.4) is 0 Å². The van der Waals surface area contributed by atoms with Crippen LogP contribution in [0.5, 0.6) is 0 Å². The van der Waals surface area contributed by atoms with E-state index in [1.807, 2.05) is 19.1 Å². The van der Waals surface area contributed by atoms with E-state index in [9.17, 15) is 38.4 Å². The summed E-state index contributed by atoms with van der Waals surface area (Å²) in [5.41, 5.74) is 0. The highest BCUT2D eigenvalue weighted by Gasteiger charge is 2.21. The number of ether oxygens (including phenoxy) is 1. The van der Waals surface area contributed by atoms with Gasteiger partial charge in [0.05, 0.1) is 13.0 Å². The summed E-state index contributed by atoms with van der Waals surface area (Å²) in [6.07, 6.45) is 17.7. The molecule has 0 saturated carbocycles. The lowest BCUT2D eigenvalue weighted by atomic mass is 10.3. The highest BCUT2D eigenvalue weighted by Crippen LogP contribution is 2.09. The van der Waals surface area contributed by atoms with E-state index >= 15 is 0 Å². The number of thioether (sulfide) groups is 3. The summed E-state index contributed by atoms with van der Waals surface area (Å²) in [6.45, 7) is 8.15. The van der Waals surface area contributed by atoms with Gasteiger partial charge >= 0.3 is 23.9 Å². The van der Waals surface area contributed by atoms with Gasteiger partial charge in [0.15, 0.2) is 5.12 Å². The van der Waals surface area contributed by atoms with Crippen molar-refractivity contribution in [1.82, 2.24) is 16.0 Å². The number of allylic oxidation sites excluding steroid dienone is 4. The Morgan fingerprint density at radius 3 is 1.66 bits per heavy atom. The van der Waals surface area contributed by atoms with Crippen molar-refractivity contribution in [2.75, 3.05) is 42.0 Å². The molecule has 0 rings (SSSR count). The molecule has 0 aliphatic heterocycles. The summed E-state index contributed by atoms with van der Waals surface area (Å²) in [5, 5.41) is 41.6. The molecule has 3 amide bonds. The zero-order chi connectivity index (χ0) is 43.1. The number of amides is 3. The van der Waals surface area contributed by atoms with Crippen LogP contribution in [0.2, 0.25) is 0 Å². The fourth-order valence-electron chi connectivity index (χ4n) is 3.49. The van der Waals surface area contributed by atoms with E-state index in [0.717, 1.165) is 36.1 Å². The van der Waals surface area contributed by atoms with Crippen molar-refractivity contribution in [3.63, 3.8) is 0 Å². The van der Waals surface area contributed by atoms with Gasteiger partial charge in [-0.1, -0.05) is 74.2 Å². The van der Waals surface area contributed by atoms with Crippen molar-refractivity contribution in [3.05, 3.63) is 48.6 Å². The minimum atomic E-state index is -1.17. The molecule has 0 unspecified atom stereocenters. The lowest BCUT2D eigenvalue weighted by Gasteiger charge is -2.15. The Hall–Kier alpha value is -4.07. The molecule has 0 aromatic rings. The second-order valence-electron chi connectivity index (χ2n) is 11.1. The van der Waals surface area contributed by atoms with E-state index in [2.05, 4.69) is 35.0 Å². The van der Waals surface area contributed by atoms with Crippen molar-refractivity contribution in [1.29, 1.82) is 0 Å². The van der Waals surface area contributed by atoms with Crippen LogP contribution in [-0.4, -0.2) is 127 Å². The number of aliphatic hydroxyl groups is 1. The minimum Gasteiger partial charge on any atom is -0.481 e. The molecule has 0 aliphatic carbocycles. The summed E-state index contributed by atoms with van der Waals surface area (Å²) in [6, 6.07) is -2.50. The summed E-state index contributed by atoms with van der Waals surface area (Å²) in [4.78, 5) is 87.5. The van der Waals surface area contributed by atoms with E-state index in [4.69, 9.17) is 25.2 Å². The smallest absolute Gasteiger partial charge is 0.329 e. The fourth-order valence-corrected chi connectivity index (χ4v) is 5.84. The maximum absolute atomic E-state index is 11.8. The molecule has 318 valence electrons. The first-order chi connectivity index (χ1) is 26.5. The van der Waals surface area contributed by atoms with Crippen molar-refractivity contribution >= 4 is 82.0 Å². The largest absolute Gasteiger partial charge is 0.481 e. The van der Waals surface area contributed by atoms with Crippen LogP contribution in [0.25, 0.3) is 0 Å². The van der Waals surface area contributed by atoms with Gasteiger partial charge in [-0.2, -0.15) is 23.5 Å². The summed E-state index contributed by atoms with van der Waals surface area (Å²) in [5.74, 6) is -2.10. The zero-order valence-electron chi connectivity index (χ0n) is 32.7. The molecule has 7 N–H and O–H groups in total. The molecule has 16 nitrogen and oxygen atoms in total. The third-order valence-corrected chi connectivity index (χ3v) is 8.95. The van der Waals surface area contributed by atoms with Crippen molar-refractivity contribution < 1.29 is 63.5 Å². The predicted octanol–water partition coefficient (Wildman–Crippen LogP) is 3.59. The molecule has 0 aromatic heterocycles. The Kier molecular flexibility index (Phi) is 39.4. The van der Waals surface area contributed by atoms with E-state index < -0.39 is 47.9 Å². The van der Waals surface area contributed by atoms with E-state index in [1.54, 1.807) is 30.0 Å². The van der Waals surface area contributed by atoms with Gasteiger partial charge in [-0.3, -0.25) is 24.0 Å². The third-order valence-electron chi connectivity index (χ3n) is 5.99. The number of hydrogen-bond donors (Lipinski definition) is 7. The average molecular weight is 850 g/mol. The molecular weight excluding hydrogens is 791 g/mol. The third kappa shape index (κ3) is 41.1. The first kappa shape index (κ1) is 56.3. The number of aliphatic hydroxyl groups excluding tert-OH is 1. The van der Waals surface area contributed by atoms with Crippen LogP contribution in [0.1, 0.15) is 73.1 Å². The van der Waals surface area contributed by atoms with Crippen LogP contribution < -0.4 is 16.0 Å². The zero-order valence-corrected chi connectivity index (χ0v) is 35.2. The fraction of sp³-hybridized carbons (Fsp3) is 0.568. The Labute approximate surface area is 342 Å². The van der Waals surface area contributed by atoms with Crippen molar-refractivity contribution in [3.8, 4) is 0 Å². The molecule has 0 spiro atoms. The quantitative estimate of drug-likeness (QED) is 0.0354. The van der Waals surface area contributed by atoms with E-state index in [-0.39, 0.29) is 48.7 Å². The molecular formula is C37H59N3O13S3. The number of carbonyl (C=O) groups is 8. The van der Waals surface area contributed by atoms with Crippen LogP contribution in [0, 0.1) is 0 Å². The van der Waals surface area contributed by atoms with Gasteiger partial charge < -0.3 is 41.1 Å². The Balaban J connectivity index is -0.000000754. The van der Waals surface area contributed by atoms with Gasteiger partial charge in [-0.15, -0.1) is 0 Å². The van der Waals surface area contributed by atoms with Crippen molar-refractivity contribution in [2.24, 2.45) is 0 Å². The number of aliphatic carboxylic acids is 3. The number of carbonyl (C=O) groups excluding carboxylic acids is 5. The first-order valence-corrected chi connectivity index (χ1v) is 21.0. The SMILES string of the molecule is CC(=O)N[C@H](CSC(=O)C/C=C\CCO)C(=O)O.CC/C=C\C/C=C\CSC[C@@H](NC(C)=O)C(=O)O.CCSC[C@@H](NC(C)=O)C(=O)OCC/C=C\CC(=O)O. The number of esters is 1. The summed E-state index contributed by atoms with van der Waals surface area (Å²) < 4.78 is 5.04. The number of hydrogen-bond acceptors (Lipinski definition) is 13. The van der Waals surface area contributed by atoms with E-state index in [0.29, 0.717) is 24.3 Å². The molecule has 0 heterocycles. The maximum Gasteiger partial charge on any atom is 0.329 e. The Bertz CT molecular complexity index is 1310. The number of nitrogens with one attached hydrogen (secondary N) is 3. The molecule has 0 aromatic carbocycles. The molecule has 0 radical (unpaired) electrons. The first-order valence-electron chi connectivity index (χ1n) is 17.7. The second kappa shape index (κ2) is 39.2. The topological polar surface area (TPSA) is 263 Å². The van der Waals surface area contributed by atoms with Crippen LogP contribution in [-0.2, 0) is 43.1 Å². The minimum absolute atomic E-state index is 0.00157. The molecule has 0 saturated heterocycles. The molecule has 3 atom stereocenters. The molecule has 0 aliphatic rings. The normalized spacial score (nSPS) is 12.5. The lowest BCUT2D eigenvalue weighted by Crippen LogP contribution is -2.42. The van der Waals surface area contributed by atoms with Gasteiger partial charge in [0, 0.05) is 56.8 Å². The van der Waals surface area contributed by atoms with Crippen LogP contribution >= 0.6 is 35.3 Å². The van der Waals surface area contributed by atoms with Gasteiger partial charge in [0.2, 0.25) is 17.7 Å².